The summed E-state index contributed by atoms with van der Waals surface area (Å²) < 4.78 is 0. The number of rotatable bonds is 4. The molecule has 2 atom stereocenters. The molecule has 110 valence electrons. The molecule has 4 N–H and O–H groups in total. The van der Waals surface area contributed by atoms with Gasteiger partial charge in [-0.2, -0.15) is 5.10 Å². The number of nitrogens with two attached hydrogens (primary N) is 1. The van der Waals surface area contributed by atoms with Gasteiger partial charge in [0.05, 0.1) is 5.69 Å². The minimum Gasteiger partial charge on any atom is -0.330 e. The summed E-state index contributed by atoms with van der Waals surface area (Å²) in [5.41, 5.74) is 8.58. The lowest BCUT2D eigenvalue weighted by molar-refractivity contribution is -0.120. The molecule has 1 fully saturated rings. The zero-order chi connectivity index (χ0) is 14.7. The van der Waals surface area contributed by atoms with E-state index in [2.05, 4.69) is 15.5 Å². The van der Waals surface area contributed by atoms with Crippen LogP contribution in [0.5, 0.6) is 0 Å². The fourth-order valence-electron chi connectivity index (χ4n) is 3.05. The van der Waals surface area contributed by atoms with Gasteiger partial charge in [0.25, 0.3) is 0 Å². The van der Waals surface area contributed by atoms with E-state index in [1.807, 2.05) is 30.3 Å². The molecule has 1 aromatic carbocycles. The highest BCUT2D eigenvalue weighted by Crippen LogP contribution is 2.32. The molecule has 0 unspecified atom stereocenters. The van der Waals surface area contributed by atoms with Gasteiger partial charge >= 0.3 is 0 Å². The number of aromatic amines is 1. The van der Waals surface area contributed by atoms with E-state index in [9.17, 15) is 4.79 Å². The van der Waals surface area contributed by atoms with Gasteiger partial charge in [0.15, 0.2) is 0 Å². The molecule has 1 aliphatic carbocycles. The summed E-state index contributed by atoms with van der Waals surface area (Å²) in [7, 11) is 0. The highest BCUT2D eigenvalue weighted by Gasteiger charge is 2.31. The molecule has 1 aromatic heterocycles. The van der Waals surface area contributed by atoms with Gasteiger partial charge in [0.1, 0.15) is 0 Å². The number of carbonyl (C=O) groups excluding carboxylic acids is 1. The first-order valence-corrected chi connectivity index (χ1v) is 7.38. The van der Waals surface area contributed by atoms with Crippen LogP contribution in [0.1, 0.15) is 19.3 Å². The van der Waals surface area contributed by atoms with Crippen LogP contribution in [-0.4, -0.2) is 22.6 Å². The number of amides is 1. The topological polar surface area (TPSA) is 83.8 Å². The third kappa shape index (κ3) is 2.97. The Bertz CT molecular complexity index is 591. The first-order valence-electron chi connectivity index (χ1n) is 7.38. The van der Waals surface area contributed by atoms with Crippen LogP contribution in [0.25, 0.3) is 11.3 Å². The van der Waals surface area contributed by atoms with E-state index in [1.165, 1.54) is 0 Å². The number of carbonyl (C=O) groups is 1. The lowest BCUT2D eigenvalue weighted by atomic mass is 9.95. The standard InChI is InChI=1S/C16H20N4O/c17-10-12-2-1-3-14(12)16(21)19-13-6-4-11(5-7-13)15-8-9-18-20-15/h4-9,12,14H,1-3,10,17H2,(H,18,20)(H,19,21)/t12-,14-/m1/s1. The van der Waals surface area contributed by atoms with Crippen LogP contribution in [0.2, 0.25) is 0 Å². The predicted octanol–water partition coefficient (Wildman–Crippen LogP) is 2.39. The van der Waals surface area contributed by atoms with E-state index in [1.54, 1.807) is 6.20 Å². The third-order valence-corrected chi connectivity index (χ3v) is 4.26. The average molecular weight is 284 g/mol. The zero-order valence-corrected chi connectivity index (χ0v) is 11.9. The van der Waals surface area contributed by atoms with Crippen molar-refractivity contribution in [3.63, 3.8) is 0 Å². The Kier molecular flexibility index (Phi) is 4.01. The molecule has 21 heavy (non-hydrogen) atoms. The summed E-state index contributed by atoms with van der Waals surface area (Å²) in [5.74, 6) is 0.480. The molecule has 0 spiro atoms. The van der Waals surface area contributed by atoms with E-state index in [-0.39, 0.29) is 11.8 Å². The smallest absolute Gasteiger partial charge is 0.227 e. The SMILES string of the molecule is NC[C@H]1CCC[C@H]1C(=O)Nc1ccc(-c2ccn[nH]2)cc1. The van der Waals surface area contributed by atoms with E-state index in [0.717, 1.165) is 36.2 Å². The van der Waals surface area contributed by atoms with Gasteiger partial charge in [-0.05, 0) is 49.1 Å². The van der Waals surface area contributed by atoms with Crippen molar-refractivity contribution in [2.45, 2.75) is 19.3 Å². The van der Waals surface area contributed by atoms with Crippen molar-refractivity contribution in [1.29, 1.82) is 0 Å². The zero-order valence-electron chi connectivity index (χ0n) is 11.9. The number of hydrogen-bond acceptors (Lipinski definition) is 3. The summed E-state index contributed by atoms with van der Waals surface area (Å²) in [6.45, 7) is 0.594. The van der Waals surface area contributed by atoms with Crippen molar-refractivity contribution in [2.75, 3.05) is 11.9 Å². The monoisotopic (exact) mass is 284 g/mol. The van der Waals surface area contributed by atoms with Crippen molar-refractivity contribution in [3.8, 4) is 11.3 Å². The van der Waals surface area contributed by atoms with Gasteiger partial charge in [0.2, 0.25) is 5.91 Å². The summed E-state index contributed by atoms with van der Waals surface area (Å²) >= 11 is 0. The van der Waals surface area contributed by atoms with Gasteiger partial charge in [-0.15, -0.1) is 0 Å². The van der Waals surface area contributed by atoms with Gasteiger partial charge in [0, 0.05) is 17.8 Å². The molecular formula is C16H20N4O. The maximum Gasteiger partial charge on any atom is 0.227 e. The second kappa shape index (κ2) is 6.10. The molecule has 1 heterocycles. The fourth-order valence-corrected chi connectivity index (χ4v) is 3.05. The van der Waals surface area contributed by atoms with E-state index in [4.69, 9.17) is 5.73 Å². The van der Waals surface area contributed by atoms with Crippen LogP contribution in [0.4, 0.5) is 5.69 Å². The van der Waals surface area contributed by atoms with Crippen LogP contribution >= 0.6 is 0 Å². The largest absolute Gasteiger partial charge is 0.330 e. The second-order valence-corrected chi connectivity index (χ2v) is 5.57. The van der Waals surface area contributed by atoms with Crippen molar-refractivity contribution >= 4 is 11.6 Å². The second-order valence-electron chi connectivity index (χ2n) is 5.57. The van der Waals surface area contributed by atoms with Crippen molar-refractivity contribution in [2.24, 2.45) is 17.6 Å². The number of nitrogens with one attached hydrogen (secondary N) is 2. The fraction of sp³-hybridized carbons (Fsp3) is 0.375. The van der Waals surface area contributed by atoms with Crippen LogP contribution in [0, 0.1) is 11.8 Å². The normalized spacial score (nSPS) is 21.4. The molecule has 0 aliphatic heterocycles. The molecule has 1 saturated carbocycles. The number of hydrogen-bond donors (Lipinski definition) is 3. The number of benzene rings is 1. The molecule has 5 heteroatoms. The summed E-state index contributed by atoms with van der Waals surface area (Å²) in [5, 5.41) is 9.85. The Morgan fingerprint density at radius 1 is 1.29 bits per heavy atom. The number of anilines is 1. The van der Waals surface area contributed by atoms with Crippen LogP contribution in [0.15, 0.2) is 36.5 Å². The highest BCUT2D eigenvalue weighted by molar-refractivity contribution is 5.93. The Balaban J connectivity index is 1.66. The minimum absolute atomic E-state index is 0.0577. The Hall–Kier alpha value is -2.14. The number of nitrogens with zero attached hydrogens (tertiary/aromatic N) is 1. The first-order chi connectivity index (χ1) is 10.3. The quantitative estimate of drug-likeness (QED) is 0.806. The molecule has 5 nitrogen and oxygen atoms in total. The lowest BCUT2D eigenvalue weighted by Crippen LogP contribution is -2.29. The summed E-state index contributed by atoms with van der Waals surface area (Å²) in [4.78, 5) is 12.3. The average Bonchev–Trinajstić information content (AvgIpc) is 3.19. The maximum absolute atomic E-state index is 12.3. The molecule has 1 amide bonds. The van der Waals surface area contributed by atoms with E-state index in [0.29, 0.717) is 12.5 Å². The molecule has 1 aliphatic rings. The number of H-pyrrole nitrogens is 1. The Morgan fingerprint density at radius 3 is 2.76 bits per heavy atom. The molecule has 0 radical (unpaired) electrons. The first kappa shape index (κ1) is 13.8. The lowest BCUT2D eigenvalue weighted by Gasteiger charge is -2.17. The van der Waals surface area contributed by atoms with Gasteiger partial charge in [-0.25, -0.2) is 0 Å². The minimum atomic E-state index is 0.0577. The molecule has 0 saturated heterocycles. The molecule has 0 bridgehead atoms. The van der Waals surface area contributed by atoms with Crippen LogP contribution < -0.4 is 11.1 Å². The molecule has 3 rings (SSSR count). The molecular weight excluding hydrogens is 264 g/mol. The van der Waals surface area contributed by atoms with E-state index >= 15 is 0 Å². The highest BCUT2D eigenvalue weighted by atomic mass is 16.1. The maximum atomic E-state index is 12.3. The Morgan fingerprint density at radius 2 is 2.10 bits per heavy atom. The summed E-state index contributed by atoms with van der Waals surface area (Å²) in [6, 6.07) is 9.69. The van der Waals surface area contributed by atoms with Gasteiger partial charge < -0.3 is 11.1 Å². The van der Waals surface area contributed by atoms with Crippen molar-refractivity contribution < 1.29 is 4.79 Å². The van der Waals surface area contributed by atoms with Gasteiger partial charge in [-0.3, -0.25) is 9.89 Å². The predicted molar refractivity (Wildman–Crippen MR) is 82.5 cm³/mol. The van der Waals surface area contributed by atoms with Crippen molar-refractivity contribution in [1.82, 2.24) is 10.2 Å². The third-order valence-electron chi connectivity index (χ3n) is 4.26. The summed E-state index contributed by atoms with van der Waals surface area (Å²) in [6.07, 6.45) is 4.82. The molecule has 2 aromatic rings. The number of aromatic nitrogens is 2. The van der Waals surface area contributed by atoms with Crippen LogP contribution in [-0.2, 0) is 4.79 Å². The van der Waals surface area contributed by atoms with E-state index < -0.39 is 0 Å². The Labute approximate surface area is 123 Å². The van der Waals surface area contributed by atoms with Crippen LogP contribution in [0.3, 0.4) is 0 Å². The van der Waals surface area contributed by atoms with Crippen molar-refractivity contribution in [3.05, 3.63) is 36.5 Å². The van der Waals surface area contributed by atoms with Gasteiger partial charge in [-0.1, -0.05) is 18.6 Å².